The zero-order chi connectivity index (χ0) is 14.8. The van der Waals surface area contributed by atoms with Crippen molar-refractivity contribution in [2.75, 3.05) is 0 Å². The predicted octanol–water partition coefficient (Wildman–Crippen LogP) is 1.36. The Bertz CT molecular complexity index is 703. The summed E-state index contributed by atoms with van der Waals surface area (Å²) in [5.41, 5.74) is 7.06. The van der Waals surface area contributed by atoms with Gasteiger partial charge in [0.2, 0.25) is 10.0 Å². The largest absolute Gasteiger partial charge is 0.326 e. The SMILES string of the molecule is NCc1cc(F)c(F)c(S(=O)(=O)NCc2cncs2)c1. The average molecular weight is 319 g/mol. The summed E-state index contributed by atoms with van der Waals surface area (Å²) in [7, 11) is -4.16. The Hall–Kier alpha value is -1.42. The number of aromatic nitrogens is 1. The number of nitrogens with two attached hydrogens (primary N) is 1. The lowest BCUT2D eigenvalue weighted by Crippen LogP contribution is -2.24. The number of nitrogens with one attached hydrogen (secondary N) is 1. The molecule has 0 fully saturated rings. The van der Waals surface area contributed by atoms with E-state index < -0.39 is 26.6 Å². The van der Waals surface area contributed by atoms with Gasteiger partial charge in [-0.05, 0) is 17.7 Å². The maximum Gasteiger partial charge on any atom is 0.243 e. The Morgan fingerprint density at radius 3 is 2.70 bits per heavy atom. The number of nitrogens with zero attached hydrogens (tertiary/aromatic N) is 1. The van der Waals surface area contributed by atoms with E-state index >= 15 is 0 Å². The molecule has 5 nitrogen and oxygen atoms in total. The van der Waals surface area contributed by atoms with Crippen molar-refractivity contribution in [3.8, 4) is 0 Å². The molecule has 2 aromatic rings. The summed E-state index contributed by atoms with van der Waals surface area (Å²) in [5, 5.41) is 0. The Kier molecular flexibility index (Phi) is 4.43. The van der Waals surface area contributed by atoms with E-state index in [9.17, 15) is 17.2 Å². The highest BCUT2D eigenvalue weighted by Gasteiger charge is 2.22. The highest BCUT2D eigenvalue weighted by molar-refractivity contribution is 7.89. The summed E-state index contributed by atoms with van der Waals surface area (Å²) < 4.78 is 53.2. The quantitative estimate of drug-likeness (QED) is 0.871. The van der Waals surface area contributed by atoms with Gasteiger partial charge in [-0.25, -0.2) is 21.9 Å². The smallest absolute Gasteiger partial charge is 0.243 e. The maximum absolute atomic E-state index is 13.6. The molecule has 1 aromatic carbocycles. The number of halogens is 2. The van der Waals surface area contributed by atoms with Crippen molar-refractivity contribution in [2.45, 2.75) is 18.0 Å². The van der Waals surface area contributed by atoms with Crippen molar-refractivity contribution in [3.63, 3.8) is 0 Å². The molecule has 0 atom stereocenters. The van der Waals surface area contributed by atoms with Crippen LogP contribution >= 0.6 is 11.3 Å². The van der Waals surface area contributed by atoms with E-state index in [1.54, 1.807) is 5.51 Å². The van der Waals surface area contributed by atoms with E-state index in [1.807, 2.05) is 0 Å². The number of hydrogen-bond donors (Lipinski definition) is 2. The Labute approximate surface area is 118 Å². The van der Waals surface area contributed by atoms with Crippen LogP contribution in [0, 0.1) is 11.6 Å². The van der Waals surface area contributed by atoms with E-state index in [1.165, 1.54) is 17.5 Å². The zero-order valence-corrected chi connectivity index (χ0v) is 11.8. The highest BCUT2D eigenvalue weighted by Crippen LogP contribution is 2.20. The van der Waals surface area contributed by atoms with Crippen molar-refractivity contribution in [1.29, 1.82) is 0 Å². The van der Waals surface area contributed by atoms with Crippen molar-refractivity contribution >= 4 is 21.4 Å². The standard InChI is InChI=1S/C11H11F2N3O2S2/c12-9-1-7(3-14)2-10(11(9)13)20(17,18)16-5-8-4-15-6-19-8/h1-2,4,6,16H,3,5,14H2. The van der Waals surface area contributed by atoms with Crippen molar-refractivity contribution in [1.82, 2.24) is 9.71 Å². The number of hydrogen-bond acceptors (Lipinski definition) is 5. The second kappa shape index (κ2) is 5.92. The van der Waals surface area contributed by atoms with Gasteiger partial charge in [0.25, 0.3) is 0 Å². The van der Waals surface area contributed by atoms with Gasteiger partial charge in [-0.15, -0.1) is 11.3 Å². The molecule has 0 unspecified atom stereocenters. The van der Waals surface area contributed by atoms with Crippen molar-refractivity contribution < 1.29 is 17.2 Å². The van der Waals surface area contributed by atoms with E-state index in [0.717, 1.165) is 12.1 Å². The Balaban J connectivity index is 2.31. The first-order valence-corrected chi connectivity index (χ1v) is 7.85. The lowest BCUT2D eigenvalue weighted by molar-refractivity contribution is 0.481. The monoisotopic (exact) mass is 319 g/mol. The molecule has 0 aliphatic rings. The van der Waals surface area contributed by atoms with Gasteiger partial charge >= 0.3 is 0 Å². The van der Waals surface area contributed by atoms with Gasteiger partial charge in [-0.3, -0.25) is 4.98 Å². The van der Waals surface area contributed by atoms with Crippen LogP contribution < -0.4 is 10.5 Å². The minimum atomic E-state index is -4.16. The minimum absolute atomic E-state index is 0.0408. The van der Waals surface area contributed by atoms with Crippen LogP contribution in [-0.2, 0) is 23.1 Å². The number of rotatable bonds is 5. The molecule has 2 rings (SSSR count). The van der Waals surface area contributed by atoms with Crippen LogP contribution in [0.25, 0.3) is 0 Å². The third-order valence-corrected chi connectivity index (χ3v) is 4.68. The van der Waals surface area contributed by atoms with Crippen LogP contribution in [0.4, 0.5) is 8.78 Å². The van der Waals surface area contributed by atoms with Crippen LogP contribution in [0.1, 0.15) is 10.4 Å². The summed E-state index contributed by atoms with van der Waals surface area (Å²) in [4.78, 5) is 3.70. The van der Waals surface area contributed by atoms with E-state index in [-0.39, 0.29) is 18.7 Å². The molecule has 0 bridgehead atoms. The summed E-state index contributed by atoms with van der Waals surface area (Å²) in [5.74, 6) is -2.66. The first-order valence-electron chi connectivity index (χ1n) is 5.49. The molecule has 1 aromatic heterocycles. The molecule has 0 saturated heterocycles. The normalized spacial score (nSPS) is 11.8. The Morgan fingerprint density at radius 2 is 2.10 bits per heavy atom. The molecule has 0 aliphatic carbocycles. The van der Waals surface area contributed by atoms with Gasteiger partial charge in [0.15, 0.2) is 11.6 Å². The third-order valence-electron chi connectivity index (χ3n) is 2.50. The third kappa shape index (κ3) is 3.18. The summed E-state index contributed by atoms with van der Waals surface area (Å²) in [6.07, 6.45) is 1.49. The molecule has 9 heteroatoms. The summed E-state index contributed by atoms with van der Waals surface area (Å²) in [6.45, 7) is -0.129. The first kappa shape index (κ1) is 15.0. The maximum atomic E-state index is 13.6. The average Bonchev–Trinajstić information content (AvgIpc) is 2.92. The van der Waals surface area contributed by atoms with E-state index in [0.29, 0.717) is 4.88 Å². The van der Waals surface area contributed by atoms with Crippen LogP contribution in [0.5, 0.6) is 0 Å². The van der Waals surface area contributed by atoms with Gasteiger partial charge in [0.1, 0.15) is 4.90 Å². The van der Waals surface area contributed by atoms with Gasteiger partial charge in [0.05, 0.1) is 5.51 Å². The molecule has 3 N–H and O–H groups in total. The van der Waals surface area contributed by atoms with E-state index in [4.69, 9.17) is 5.73 Å². The summed E-state index contributed by atoms with van der Waals surface area (Å²) >= 11 is 1.25. The molecule has 0 amide bonds. The lowest BCUT2D eigenvalue weighted by atomic mass is 10.2. The molecule has 20 heavy (non-hydrogen) atoms. The van der Waals surface area contributed by atoms with Gasteiger partial charge in [0, 0.05) is 24.2 Å². The molecule has 0 saturated carbocycles. The van der Waals surface area contributed by atoms with E-state index in [2.05, 4.69) is 9.71 Å². The van der Waals surface area contributed by atoms with Crippen molar-refractivity contribution in [2.24, 2.45) is 5.73 Å². The molecule has 108 valence electrons. The highest BCUT2D eigenvalue weighted by atomic mass is 32.2. The fourth-order valence-corrected chi connectivity index (χ4v) is 3.27. The fourth-order valence-electron chi connectivity index (χ4n) is 1.50. The Morgan fingerprint density at radius 1 is 1.35 bits per heavy atom. The predicted molar refractivity (Wildman–Crippen MR) is 70.4 cm³/mol. The van der Waals surface area contributed by atoms with Crippen LogP contribution in [-0.4, -0.2) is 13.4 Å². The van der Waals surface area contributed by atoms with Crippen molar-refractivity contribution in [3.05, 3.63) is 45.9 Å². The topological polar surface area (TPSA) is 85.1 Å². The van der Waals surface area contributed by atoms with Crippen LogP contribution in [0.15, 0.2) is 28.7 Å². The second-order valence-electron chi connectivity index (χ2n) is 3.89. The number of sulfonamides is 1. The van der Waals surface area contributed by atoms with Gasteiger partial charge < -0.3 is 5.73 Å². The second-order valence-corrected chi connectivity index (χ2v) is 6.59. The fraction of sp³-hybridized carbons (Fsp3) is 0.182. The zero-order valence-electron chi connectivity index (χ0n) is 10.1. The summed E-state index contributed by atoms with van der Waals surface area (Å²) in [6, 6.07) is 1.89. The minimum Gasteiger partial charge on any atom is -0.326 e. The van der Waals surface area contributed by atoms with Crippen LogP contribution in [0.3, 0.4) is 0 Å². The van der Waals surface area contributed by atoms with Gasteiger partial charge in [-0.2, -0.15) is 0 Å². The lowest BCUT2D eigenvalue weighted by Gasteiger charge is -2.09. The number of benzene rings is 1. The molecular formula is C11H11F2N3O2S2. The molecular weight excluding hydrogens is 308 g/mol. The molecule has 0 spiro atoms. The van der Waals surface area contributed by atoms with Crippen LogP contribution in [0.2, 0.25) is 0 Å². The first-order chi connectivity index (χ1) is 9.44. The molecule has 0 radical (unpaired) electrons. The molecule has 1 heterocycles. The molecule has 0 aliphatic heterocycles. The van der Waals surface area contributed by atoms with Gasteiger partial charge in [-0.1, -0.05) is 0 Å². The number of thiazole rings is 1.